The van der Waals surface area contributed by atoms with E-state index in [1.807, 2.05) is 0 Å². The molecule has 0 saturated carbocycles. The number of hydrogen-bond donors (Lipinski definition) is 2. The number of hydrogen-bond acceptors (Lipinski definition) is 2. The second kappa shape index (κ2) is 12.7. The van der Waals surface area contributed by atoms with Gasteiger partial charge >= 0.3 is 313 Å². The molecule has 8 unspecified atom stereocenters. The zero-order valence-corrected chi connectivity index (χ0v) is 32.3. The van der Waals surface area contributed by atoms with Gasteiger partial charge in [-0.15, -0.1) is 0 Å². The molecule has 51 heavy (non-hydrogen) atoms. The Morgan fingerprint density at radius 1 is 0.353 bits per heavy atom. The van der Waals surface area contributed by atoms with Crippen molar-refractivity contribution in [2.24, 2.45) is 0 Å². The Morgan fingerprint density at radius 3 is 0.824 bits per heavy atom. The van der Waals surface area contributed by atoms with Gasteiger partial charge < -0.3 is 0 Å². The summed E-state index contributed by atoms with van der Waals surface area (Å²) < 4.78 is 4.96. The average molecular weight is 812 g/mol. The van der Waals surface area contributed by atoms with Crippen LogP contribution in [0.4, 0.5) is 0 Å². The van der Waals surface area contributed by atoms with E-state index in [0.717, 1.165) is 0 Å². The molecule has 4 aliphatic heterocycles. The van der Waals surface area contributed by atoms with Crippen molar-refractivity contribution in [3.63, 3.8) is 0 Å². The van der Waals surface area contributed by atoms with Crippen LogP contribution in [0.3, 0.4) is 0 Å². The third kappa shape index (κ3) is 5.17. The Bertz CT molecular complexity index is 1940. The molecule has 4 aromatic carbocycles. The number of halogens is 2. The van der Waals surface area contributed by atoms with Crippen LogP contribution in [-0.2, 0) is 0 Å². The summed E-state index contributed by atoms with van der Waals surface area (Å²) in [5.41, 5.74) is 9.65. The first-order valence-corrected chi connectivity index (χ1v) is 27.8. The van der Waals surface area contributed by atoms with Crippen molar-refractivity contribution < 1.29 is 0 Å². The Hall–Kier alpha value is -3.78. The average Bonchev–Trinajstić information content (AvgIpc) is 4.00. The van der Waals surface area contributed by atoms with E-state index in [2.05, 4.69) is 186 Å². The van der Waals surface area contributed by atoms with Crippen LogP contribution in [0.1, 0.15) is 68.7 Å². The van der Waals surface area contributed by atoms with E-state index in [0.29, 0.717) is 0 Å². The Labute approximate surface area is 311 Å². The Balaban J connectivity index is 1.34. The van der Waals surface area contributed by atoms with Gasteiger partial charge in [0.25, 0.3) is 0 Å². The number of nitrogens with one attached hydrogen (secondary N) is 2. The van der Waals surface area contributed by atoms with Crippen LogP contribution >= 0.6 is 17.8 Å². The number of aromatic nitrogens is 2. The fourth-order valence-electron chi connectivity index (χ4n) is 9.49. The van der Waals surface area contributed by atoms with Crippen molar-refractivity contribution in [2.45, 2.75) is 47.8 Å². The maximum absolute atomic E-state index is 8.43. The van der Waals surface area contributed by atoms with Gasteiger partial charge in [-0.1, -0.05) is 0 Å². The number of benzene rings is 4. The molecule has 7 heteroatoms. The summed E-state index contributed by atoms with van der Waals surface area (Å²) in [6, 6.07) is 53.1. The minimum atomic E-state index is -4.78. The van der Waals surface area contributed by atoms with Crippen molar-refractivity contribution >= 4 is 34.5 Å². The van der Waals surface area contributed by atoms with E-state index in [9.17, 15) is 0 Å². The van der Waals surface area contributed by atoms with Crippen molar-refractivity contribution in [2.75, 3.05) is 0 Å². The first-order chi connectivity index (χ1) is 25.1. The predicted molar refractivity (Wildman–Crippen MR) is 210 cm³/mol. The molecule has 0 amide bonds. The summed E-state index contributed by atoms with van der Waals surface area (Å²) >= 11 is -4.78. The molecule has 10 rings (SSSR count). The van der Waals surface area contributed by atoms with Crippen LogP contribution in [0.5, 0.6) is 0 Å². The molecular formula is C44H38Cl2N4Sn. The summed E-state index contributed by atoms with van der Waals surface area (Å²) in [4.78, 5) is 0. The molecule has 0 fully saturated rings. The van der Waals surface area contributed by atoms with Gasteiger partial charge in [-0.2, -0.15) is 0 Å². The van der Waals surface area contributed by atoms with Crippen LogP contribution in [-0.4, -0.2) is 46.4 Å². The molecule has 6 heterocycles. The van der Waals surface area contributed by atoms with E-state index < -0.39 is 16.7 Å². The van der Waals surface area contributed by atoms with Crippen LogP contribution in [0, 0.1) is 0 Å². The molecule has 2 N–H and O–H groups in total. The number of fused-ring (bicyclic) bond motifs is 4. The van der Waals surface area contributed by atoms with Gasteiger partial charge in [-0.05, 0) is 0 Å². The van der Waals surface area contributed by atoms with E-state index in [-0.39, 0.29) is 47.8 Å². The van der Waals surface area contributed by atoms with Crippen LogP contribution in [0.15, 0.2) is 170 Å². The third-order valence-electron chi connectivity index (χ3n) is 11.6. The topological polar surface area (TPSA) is 33.9 Å². The Kier molecular flexibility index (Phi) is 7.96. The third-order valence-corrected chi connectivity index (χ3v) is 22.1. The summed E-state index contributed by atoms with van der Waals surface area (Å²) in [7, 11) is 16.9. The maximum atomic E-state index is 8.43. The van der Waals surface area contributed by atoms with Crippen molar-refractivity contribution in [3.8, 4) is 0 Å². The van der Waals surface area contributed by atoms with E-state index in [4.69, 9.17) is 17.8 Å². The van der Waals surface area contributed by atoms with Gasteiger partial charge in [-0.25, -0.2) is 0 Å². The van der Waals surface area contributed by atoms with E-state index >= 15 is 0 Å². The van der Waals surface area contributed by atoms with Crippen LogP contribution in [0.25, 0.3) is 0 Å². The van der Waals surface area contributed by atoms with Gasteiger partial charge in [0.1, 0.15) is 0 Å². The monoisotopic (exact) mass is 812 g/mol. The molecule has 2 aromatic heterocycles. The van der Waals surface area contributed by atoms with Crippen LogP contribution in [0.2, 0.25) is 0 Å². The van der Waals surface area contributed by atoms with E-state index in [1.165, 1.54) is 45.0 Å². The molecule has 6 bridgehead atoms. The first-order valence-electron chi connectivity index (χ1n) is 18.0. The second-order valence-corrected chi connectivity index (χ2v) is 28.1. The van der Waals surface area contributed by atoms with Crippen molar-refractivity contribution in [1.82, 2.24) is 16.2 Å². The molecule has 0 aliphatic carbocycles. The standard InChI is InChI=1S/C44H38N4.2ClH.Sn/c1-5-13-29(14-6-1)41-33-21-23-35(45-33)42(30-15-7-2-8-16-30)37-25-27-39(47-37)44(32-19-11-4-12-20-32)40-28-26-38(48-40)43(31-17-9-3-10-18-31)36-24-22-34(41)46-36;;;/h1-28,33,35,38,40-45,48H;2*1H;/q-2;;;+4/p-2. The summed E-state index contributed by atoms with van der Waals surface area (Å²) in [6.45, 7) is 0. The molecule has 0 spiro atoms. The molecule has 0 radical (unpaired) electrons. The zero-order valence-electron chi connectivity index (χ0n) is 27.9. The molecule has 0 saturated heterocycles. The van der Waals surface area contributed by atoms with Crippen molar-refractivity contribution in [3.05, 3.63) is 215 Å². The first kappa shape index (κ1) is 31.9. The minimum absolute atomic E-state index is 0.00382. The normalized spacial score (nSPS) is 28.4. The van der Waals surface area contributed by atoms with Crippen LogP contribution < -0.4 is 10.6 Å². The number of nitrogens with zero attached hydrogens (tertiary/aromatic N) is 2. The van der Waals surface area contributed by atoms with Gasteiger partial charge in [0, 0.05) is 0 Å². The summed E-state index contributed by atoms with van der Waals surface area (Å²) in [6.07, 6.45) is 9.56. The Morgan fingerprint density at radius 2 is 0.588 bits per heavy atom. The van der Waals surface area contributed by atoms with Crippen molar-refractivity contribution in [1.29, 1.82) is 0 Å². The molecule has 6 aromatic rings. The van der Waals surface area contributed by atoms with Gasteiger partial charge in [0.15, 0.2) is 0 Å². The number of rotatable bonds is 4. The second-order valence-electron chi connectivity index (χ2n) is 14.3. The molecular weight excluding hydrogens is 774 g/mol. The predicted octanol–water partition coefficient (Wildman–Crippen LogP) is 8.95. The fourth-order valence-corrected chi connectivity index (χ4v) is 21.3. The van der Waals surface area contributed by atoms with Gasteiger partial charge in [0.2, 0.25) is 0 Å². The fraction of sp³-hybridized carbons (Fsp3) is 0.182. The van der Waals surface area contributed by atoms with Gasteiger partial charge in [0.05, 0.1) is 0 Å². The zero-order chi connectivity index (χ0) is 34.1. The molecule has 4 aliphatic rings. The summed E-state index contributed by atoms with van der Waals surface area (Å²) in [5, 5.41) is 8.28. The molecule has 4 nitrogen and oxygen atoms in total. The SMILES string of the molecule is [Cl][Sn]1([Cl])[n]2c3ccc2C(c2ccccc2)C2C=CC(N2)C(c2ccccc2)c2ccc([n]21)C(c1ccccc1)C1C=CC(N1)C3c1ccccc1. The molecule has 252 valence electrons. The quantitative estimate of drug-likeness (QED) is 0.138. The van der Waals surface area contributed by atoms with Gasteiger partial charge in [-0.3, -0.25) is 0 Å². The van der Waals surface area contributed by atoms with E-state index in [1.54, 1.807) is 0 Å². The molecule has 8 atom stereocenters. The summed E-state index contributed by atoms with van der Waals surface area (Å²) in [5.74, 6) is -0.0153.